The Bertz CT molecular complexity index is 661. The molecule has 5 nitrogen and oxygen atoms in total. The molecular formula is C17H22N2O3. The molecule has 0 bridgehead atoms. The van der Waals surface area contributed by atoms with Gasteiger partial charge in [-0.15, -0.1) is 0 Å². The first-order valence-corrected chi connectivity index (χ1v) is 7.50. The van der Waals surface area contributed by atoms with Gasteiger partial charge in [0.05, 0.1) is 5.92 Å². The van der Waals surface area contributed by atoms with E-state index in [1.54, 1.807) is 0 Å². The molecular weight excluding hydrogens is 280 g/mol. The maximum atomic E-state index is 12.0. The van der Waals surface area contributed by atoms with Crippen molar-refractivity contribution < 1.29 is 14.7 Å². The van der Waals surface area contributed by atoms with E-state index in [4.69, 9.17) is 0 Å². The lowest BCUT2D eigenvalue weighted by Gasteiger charge is -2.15. The minimum Gasteiger partial charge on any atom is -0.481 e. The molecule has 0 aliphatic heterocycles. The molecule has 0 aliphatic carbocycles. The second-order valence-electron chi connectivity index (χ2n) is 5.97. The van der Waals surface area contributed by atoms with Crippen LogP contribution in [0.25, 0.3) is 10.9 Å². The molecule has 2 rings (SSSR count). The van der Waals surface area contributed by atoms with Crippen molar-refractivity contribution in [2.45, 2.75) is 26.8 Å². The van der Waals surface area contributed by atoms with Gasteiger partial charge in [-0.2, -0.15) is 0 Å². The molecule has 2 N–H and O–H groups in total. The molecule has 0 radical (unpaired) electrons. The van der Waals surface area contributed by atoms with Crippen LogP contribution in [0.2, 0.25) is 0 Å². The van der Waals surface area contributed by atoms with Crippen molar-refractivity contribution in [2.75, 3.05) is 6.54 Å². The van der Waals surface area contributed by atoms with Crippen LogP contribution in [0, 0.1) is 11.8 Å². The molecule has 1 aromatic heterocycles. The quantitative estimate of drug-likeness (QED) is 0.825. The fourth-order valence-electron chi connectivity index (χ4n) is 2.57. The summed E-state index contributed by atoms with van der Waals surface area (Å²) >= 11 is 0. The fraction of sp³-hybridized carbons (Fsp3) is 0.412. The molecule has 5 heteroatoms. The maximum Gasteiger partial charge on any atom is 0.308 e. The number of fused-ring (bicyclic) bond motifs is 1. The Morgan fingerprint density at radius 1 is 1.23 bits per heavy atom. The van der Waals surface area contributed by atoms with Crippen LogP contribution in [0.15, 0.2) is 36.5 Å². The van der Waals surface area contributed by atoms with Crippen LogP contribution in [0.1, 0.15) is 20.3 Å². The highest BCUT2D eigenvalue weighted by Crippen LogP contribution is 2.15. The van der Waals surface area contributed by atoms with Gasteiger partial charge in [0.25, 0.3) is 0 Å². The van der Waals surface area contributed by atoms with Gasteiger partial charge in [-0.05, 0) is 29.9 Å². The van der Waals surface area contributed by atoms with Gasteiger partial charge < -0.3 is 15.0 Å². The normalized spacial score (nSPS) is 12.5. The predicted molar refractivity (Wildman–Crippen MR) is 85.5 cm³/mol. The number of rotatable bonds is 7. The number of aromatic nitrogens is 1. The molecule has 1 atom stereocenters. The number of aliphatic carboxylic acids is 1. The van der Waals surface area contributed by atoms with Gasteiger partial charge in [-0.1, -0.05) is 32.0 Å². The summed E-state index contributed by atoms with van der Waals surface area (Å²) in [5.41, 5.74) is 0.995. The number of hydrogen-bond donors (Lipinski definition) is 2. The van der Waals surface area contributed by atoms with E-state index in [0.29, 0.717) is 6.42 Å². The highest BCUT2D eigenvalue weighted by Gasteiger charge is 2.19. The zero-order valence-corrected chi connectivity index (χ0v) is 13.0. The average Bonchev–Trinajstić information content (AvgIpc) is 2.86. The van der Waals surface area contributed by atoms with Gasteiger partial charge >= 0.3 is 5.97 Å². The smallest absolute Gasteiger partial charge is 0.308 e. The number of carbonyl (C=O) groups excluding carboxylic acids is 1. The molecule has 0 saturated heterocycles. The molecule has 0 saturated carbocycles. The van der Waals surface area contributed by atoms with Crippen LogP contribution in [0.5, 0.6) is 0 Å². The van der Waals surface area contributed by atoms with E-state index in [1.807, 2.05) is 54.9 Å². The molecule has 1 heterocycles. The molecule has 1 unspecified atom stereocenters. The minimum atomic E-state index is -0.861. The summed E-state index contributed by atoms with van der Waals surface area (Å²) in [6.07, 6.45) is 2.43. The Morgan fingerprint density at radius 2 is 1.95 bits per heavy atom. The topological polar surface area (TPSA) is 71.3 Å². The van der Waals surface area contributed by atoms with E-state index >= 15 is 0 Å². The molecule has 1 amide bonds. The second-order valence-corrected chi connectivity index (χ2v) is 5.97. The Kier molecular flexibility index (Phi) is 5.20. The maximum absolute atomic E-state index is 12.0. The summed E-state index contributed by atoms with van der Waals surface area (Å²) in [7, 11) is 0. The molecule has 0 aliphatic rings. The molecule has 22 heavy (non-hydrogen) atoms. The highest BCUT2D eigenvalue weighted by atomic mass is 16.4. The first-order chi connectivity index (χ1) is 10.5. The lowest BCUT2D eigenvalue weighted by Crippen LogP contribution is -2.35. The largest absolute Gasteiger partial charge is 0.481 e. The average molecular weight is 302 g/mol. The van der Waals surface area contributed by atoms with Gasteiger partial charge in [0.2, 0.25) is 5.91 Å². The van der Waals surface area contributed by atoms with Gasteiger partial charge in [0.1, 0.15) is 6.54 Å². The standard InChI is InChI=1S/C17H22N2O3/c1-12(2)9-14(17(21)22)10-18-16(20)11-19-8-7-13-5-3-4-6-15(13)19/h3-8,12,14H,9-11H2,1-2H3,(H,18,20)(H,21,22). The second kappa shape index (κ2) is 7.11. The number of carboxylic acid groups (broad SMARTS) is 1. The van der Waals surface area contributed by atoms with E-state index in [2.05, 4.69) is 5.32 Å². The van der Waals surface area contributed by atoms with Gasteiger partial charge in [-0.25, -0.2) is 0 Å². The third-order valence-electron chi connectivity index (χ3n) is 3.64. The summed E-state index contributed by atoms with van der Waals surface area (Å²) < 4.78 is 1.86. The number of carbonyl (C=O) groups is 2. The number of nitrogens with zero attached hydrogens (tertiary/aromatic N) is 1. The third kappa shape index (κ3) is 4.10. The number of para-hydroxylation sites is 1. The lowest BCUT2D eigenvalue weighted by atomic mass is 9.97. The molecule has 0 fully saturated rings. The molecule has 0 spiro atoms. The Labute approximate surface area is 129 Å². The zero-order chi connectivity index (χ0) is 16.1. The highest BCUT2D eigenvalue weighted by molar-refractivity contribution is 5.83. The van der Waals surface area contributed by atoms with E-state index in [0.717, 1.165) is 10.9 Å². The molecule has 1 aromatic carbocycles. The van der Waals surface area contributed by atoms with Gasteiger partial charge in [0, 0.05) is 18.3 Å². The Balaban J connectivity index is 1.94. The summed E-state index contributed by atoms with van der Waals surface area (Å²) in [4.78, 5) is 23.2. The van der Waals surface area contributed by atoms with Crippen LogP contribution in [-0.2, 0) is 16.1 Å². The summed E-state index contributed by atoms with van der Waals surface area (Å²) in [5, 5.41) is 13.0. The molecule has 2 aromatic rings. The van der Waals surface area contributed by atoms with Crippen molar-refractivity contribution in [2.24, 2.45) is 11.8 Å². The first-order valence-electron chi connectivity index (χ1n) is 7.50. The van der Waals surface area contributed by atoms with Crippen molar-refractivity contribution >= 4 is 22.8 Å². The van der Waals surface area contributed by atoms with Crippen LogP contribution in [-0.4, -0.2) is 28.1 Å². The van der Waals surface area contributed by atoms with E-state index < -0.39 is 11.9 Å². The third-order valence-corrected chi connectivity index (χ3v) is 3.64. The minimum absolute atomic E-state index is 0.170. The number of hydrogen-bond acceptors (Lipinski definition) is 2. The Hall–Kier alpha value is -2.30. The van der Waals surface area contributed by atoms with Crippen molar-refractivity contribution in [3.63, 3.8) is 0 Å². The summed E-state index contributed by atoms with van der Waals surface area (Å²) in [6, 6.07) is 9.80. The number of carboxylic acids is 1. The van der Waals surface area contributed by atoms with E-state index in [9.17, 15) is 14.7 Å². The van der Waals surface area contributed by atoms with Crippen LogP contribution >= 0.6 is 0 Å². The first kappa shape index (κ1) is 16.1. The monoisotopic (exact) mass is 302 g/mol. The fourth-order valence-corrected chi connectivity index (χ4v) is 2.57. The number of benzene rings is 1. The summed E-state index contributed by atoms with van der Waals surface area (Å²) in [6.45, 7) is 4.32. The zero-order valence-electron chi connectivity index (χ0n) is 13.0. The summed E-state index contributed by atoms with van der Waals surface area (Å²) in [5.74, 6) is -1.28. The Morgan fingerprint density at radius 3 is 2.64 bits per heavy atom. The van der Waals surface area contributed by atoms with Crippen molar-refractivity contribution in [1.82, 2.24) is 9.88 Å². The molecule has 118 valence electrons. The van der Waals surface area contributed by atoms with Crippen LogP contribution < -0.4 is 5.32 Å². The van der Waals surface area contributed by atoms with Crippen molar-refractivity contribution in [3.05, 3.63) is 36.5 Å². The van der Waals surface area contributed by atoms with E-state index in [1.165, 1.54) is 0 Å². The van der Waals surface area contributed by atoms with Gasteiger partial charge in [-0.3, -0.25) is 9.59 Å². The number of nitrogens with one attached hydrogen (secondary N) is 1. The van der Waals surface area contributed by atoms with E-state index in [-0.39, 0.29) is 24.9 Å². The van der Waals surface area contributed by atoms with Gasteiger partial charge in [0.15, 0.2) is 0 Å². The lowest BCUT2D eigenvalue weighted by molar-refractivity contribution is -0.142. The predicted octanol–water partition coefficient (Wildman–Crippen LogP) is 2.50. The van der Waals surface area contributed by atoms with Crippen molar-refractivity contribution in [3.8, 4) is 0 Å². The van der Waals surface area contributed by atoms with Crippen LogP contribution in [0.3, 0.4) is 0 Å². The number of amides is 1. The van der Waals surface area contributed by atoms with Crippen LogP contribution in [0.4, 0.5) is 0 Å². The van der Waals surface area contributed by atoms with Crippen molar-refractivity contribution in [1.29, 1.82) is 0 Å². The SMILES string of the molecule is CC(C)CC(CNC(=O)Cn1ccc2ccccc21)C(=O)O.